The van der Waals surface area contributed by atoms with E-state index in [1.54, 1.807) is 17.3 Å². The highest BCUT2D eigenvalue weighted by atomic mass is 79.9. The lowest BCUT2D eigenvalue weighted by Crippen LogP contribution is -2.56. The van der Waals surface area contributed by atoms with Gasteiger partial charge in [0.15, 0.2) is 5.60 Å². The summed E-state index contributed by atoms with van der Waals surface area (Å²) >= 11 is 3.25. The molecule has 0 aromatic carbocycles. The number of carbonyl (C=O) groups excluding carboxylic acids is 1. The molecule has 1 amide bonds. The Morgan fingerprint density at radius 3 is 2.76 bits per heavy atom. The fourth-order valence-electron chi connectivity index (χ4n) is 1.88. The average Bonchev–Trinajstić information content (AvgIpc) is 2.30. The summed E-state index contributed by atoms with van der Waals surface area (Å²) in [4.78, 5) is 21.2. The van der Waals surface area contributed by atoms with Crippen molar-refractivity contribution in [2.45, 2.75) is 18.4 Å². The summed E-state index contributed by atoms with van der Waals surface area (Å²) in [5, 5.41) is 10.1. The molecule has 1 unspecified atom stereocenters. The van der Waals surface area contributed by atoms with E-state index < -0.39 is 11.5 Å². The van der Waals surface area contributed by atoms with Crippen molar-refractivity contribution in [2.24, 2.45) is 5.73 Å². The van der Waals surface area contributed by atoms with E-state index in [4.69, 9.17) is 5.73 Å². The van der Waals surface area contributed by atoms with Crippen LogP contribution in [0.2, 0.25) is 0 Å². The molecule has 1 atom stereocenters. The number of anilines is 1. The van der Waals surface area contributed by atoms with Crippen LogP contribution < -0.4 is 10.6 Å². The highest BCUT2D eigenvalue weighted by Gasteiger charge is 2.39. The number of β-amino-alcohol motifs (C(OH)–C–C–N with tert-alkyl or cyclic N) is 1. The molecular weight excluding hydrogens is 288 g/mol. The van der Waals surface area contributed by atoms with E-state index in [9.17, 15) is 9.90 Å². The summed E-state index contributed by atoms with van der Waals surface area (Å²) in [5.41, 5.74) is 3.72. The van der Waals surface area contributed by atoms with Gasteiger partial charge in [-0.1, -0.05) is 0 Å². The maximum atomic E-state index is 11.2. The van der Waals surface area contributed by atoms with Crippen molar-refractivity contribution >= 4 is 27.8 Å². The van der Waals surface area contributed by atoms with Crippen LogP contribution in [0.15, 0.2) is 16.9 Å². The summed E-state index contributed by atoms with van der Waals surface area (Å²) in [7, 11) is 0. The Kier molecular flexibility index (Phi) is 3.30. The van der Waals surface area contributed by atoms with Crippen molar-refractivity contribution in [3.05, 3.63) is 16.9 Å². The first-order valence-corrected chi connectivity index (χ1v) is 6.05. The fourth-order valence-corrected chi connectivity index (χ4v) is 2.08. The number of primary amides is 1. The Labute approximate surface area is 107 Å². The van der Waals surface area contributed by atoms with E-state index in [2.05, 4.69) is 25.9 Å². The van der Waals surface area contributed by atoms with Gasteiger partial charge in [0, 0.05) is 18.9 Å². The third-order valence-electron chi connectivity index (χ3n) is 2.82. The number of hydrogen-bond donors (Lipinski definition) is 2. The number of halogens is 1. The van der Waals surface area contributed by atoms with E-state index in [0.717, 1.165) is 4.47 Å². The zero-order valence-electron chi connectivity index (χ0n) is 9.14. The molecule has 0 radical (unpaired) electrons. The number of nitrogens with zero attached hydrogens (tertiary/aromatic N) is 3. The normalized spacial score (nSPS) is 24.7. The van der Waals surface area contributed by atoms with Crippen molar-refractivity contribution in [3.63, 3.8) is 0 Å². The summed E-state index contributed by atoms with van der Waals surface area (Å²) in [6, 6.07) is 0. The molecule has 17 heavy (non-hydrogen) atoms. The van der Waals surface area contributed by atoms with Gasteiger partial charge in [0.05, 0.1) is 11.0 Å². The van der Waals surface area contributed by atoms with Crippen LogP contribution >= 0.6 is 15.9 Å². The Morgan fingerprint density at radius 2 is 2.18 bits per heavy atom. The highest BCUT2D eigenvalue weighted by molar-refractivity contribution is 9.10. The predicted octanol–water partition coefficient (Wildman–Crippen LogP) is 0.0557. The van der Waals surface area contributed by atoms with Crippen molar-refractivity contribution < 1.29 is 9.90 Å². The van der Waals surface area contributed by atoms with E-state index >= 15 is 0 Å². The largest absolute Gasteiger partial charge is 0.378 e. The van der Waals surface area contributed by atoms with Gasteiger partial charge in [-0.25, -0.2) is 9.97 Å². The third-order valence-corrected chi connectivity index (χ3v) is 3.23. The highest BCUT2D eigenvalue weighted by Crippen LogP contribution is 2.23. The van der Waals surface area contributed by atoms with E-state index in [-0.39, 0.29) is 6.54 Å². The smallest absolute Gasteiger partial charge is 0.251 e. The van der Waals surface area contributed by atoms with Gasteiger partial charge < -0.3 is 15.7 Å². The molecule has 0 aliphatic carbocycles. The maximum absolute atomic E-state index is 11.2. The molecule has 3 N–H and O–H groups in total. The van der Waals surface area contributed by atoms with Crippen LogP contribution in [0.5, 0.6) is 0 Å². The summed E-state index contributed by atoms with van der Waals surface area (Å²) in [5.74, 6) is -0.202. The van der Waals surface area contributed by atoms with Crippen LogP contribution in [0, 0.1) is 0 Å². The molecule has 1 saturated heterocycles. The van der Waals surface area contributed by atoms with Crippen molar-refractivity contribution in [1.29, 1.82) is 0 Å². The van der Waals surface area contributed by atoms with Crippen molar-refractivity contribution in [2.75, 3.05) is 18.0 Å². The number of amides is 1. The second-order valence-corrected chi connectivity index (χ2v) is 5.04. The molecule has 0 bridgehead atoms. The molecule has 0 saturated carbocycles. The first-order chi connectivity index (χ1) is 8.01. The molecule has 7 heteroatoms. The number of carbonyl (C=O) groups is 1. The predicted molar refractivity (Wildman–Crippen MR) is 65.3 cm³/mol. The van der Waals surface area contributed by atoms with Crippen LogP contribution in [0.25, 0.3) is 0 Å². The standard InChI is InChI=1S/C10H13BrN4O2/c11-7-4-13-9(14-5-7)15-3-1-2-10(17,6-15)8(12)16/h4-5,17H,1-3,6H2,(H2,12,16). The van der Waals surface area contributed by atoms with E-state index in [0.29, 0.717) is 25.3 Å². The zero-order valence-corrected chi connectivity index (χ0v) is 10.7. The molecule has 1 aliphatic rings. The third kappa shape index (κ3) is 2.55. The summed E-state index contributed by atoms with van der Waals surface area (Å²) in [6.07, 6.45) is 4.31. The molecule has 1 aromatic rings. The Bertz CT molecular complexity index is 425. The number of nitrogens with two attached hydrogens (primary N) is 1. The van der Waals surface area contributed by atoms with Gasteiger partial charge in [-0.3, -0.25) is 4.79 Å². The van der Waals surface area contributed by atoms with Crippen LogP contribution in [-0.4, -0.2) is 39.7 Å². The lowest BCUT2D eigenvalue weighted by atomic mass is 9.92. The topological polar surface area (TPSA) is 92.3 Å². The van der Waals surface area contributed by atoms with E-state index in [1.165, 1.54) is 0 Å². The monoisotopic (exact) mass is 300 g/mol. The van der Waals surface area contributed by atoms with Gasteiger partial charge in [-0.2, -0.15) is 0 Å². The fraction of sp³-hybridized carbons (Fsp3) is 0.500. The van der Waals surface area contributed by atoms with Gasteiger partial charge in [0.2, 0.25) is 5.95 Å². The molecule has 1 aromatic heterocycles. The Morgan fingerprint density at radius 1 is 1.53 bits per heavy atom. The minimum atomic E-state index is -1.48. The van der Waals surface area contributed by atoms with Gasteiger partial charge >= 0.3 is 0 Å². The van der Waals surface area contributed by atoms with Gasteiger partial charge in [-0.05, 0) is 28.8 Å². The molecule has 6 nitrogen and oxygen atoms in total. The second kappa shape index (κ2) is 4.58. The number of piperidine rings is 1. The summed E-state index contributed by atoms with van der Waals surface area (Å²) in [6.45, 7) is 0.848. The molecule has 2 rings (SSSR count). The Balaban J connectivity index is 2.17. The van der Waals surface area contributed by atoms with Gasteiger partial charge in [0.1, 0.15) is 0 Å². The van der Waals surface area contributed by atoms with Gasteiger partial charge in [0.25, 0.3) is 5.91 Å². The van der Waals surface area contributed by atoms with Crippen molar-refractivity contribution in [1.82, 2.24) is 9.97 Å². The first kappa shape index (κ1) is 12.3. The number of rotatable bonds is 2. The Hall–Kier alpha value is -1.21. The number of aliphatic hydroxyl groups is 1. The summed E-state index contributed by atoms with van der Waals surface area (Å²) < 4.78 is 0.781. The minimum Gasteiger partial charge on any atom is -0.378 e. The van der Waals surface area contributed by atoms with Crippen LogP contribution in [0.3, 0.4) is 0 Å². The quantitative estimate of drug-likeness (QED) is 0.805. The average molecular weight is 301 g/mol. The van der Waals surface area contributed by atoms with E-state index in [1.807, 2.05) is 0 Å². The molecule has 1 fully saturated rings. The van der Waals surface area contributed by atoms with Crippen LogP contribution in [-0.2, 0) is 4.79 Å². The first-order valence-electron chi connectivity index (χ1n) is 5.26. The number of hydrogen-bond acceptors (Lipinski definition) is 5. The van der Waals surface area contributed by atoms with Gasteiger partial charge in [-0.15, -0.1) is 0 Å². The van der Waals surface area contributed by atoms with Crippen LogP contribution in [0.1, 0.15) is 12.8 Å². The molecule has 1 aliphatic heterocycles. The zero-order chi connectivity index (χ0) is 12.5. The number of aromatic nitrogens is 2. The maximum Gasteiger partial charge on any atom is 0.251 e. The second-order valence-electron chi connectivity index (χ2n) is 4.12. The molecule has 92 valence electrons. The van der Waals surface area contributed by atoms with Crippen LogP contribution in [0.4, 0.5) is 5.95 Å². The molecular formula is C10H13BrN4O2. The SMILES string of the molecule is NC(=O)C1(O)CCCN(c2ncc(Br)cn2)C1. The molecule has 2 heterocycles. The molecule has 0 spiro atoms. The minimum absolute atomic E-state index is 0.143. The lowest BCUT2D eigenvalue weighted by molar-refractivity contribution is -0.137. The van der Waals surface area contributed by atoms with Crippen molar-refractivity contribution in [3.8, 4) is 0 Å². The lowest BCUT2D eigenvalue weighted by Gasteiger charge is -2.36.